The van der Waals surface area contributed by atoms with Crippen molar-refractivity contribution in [2.24, 2.45) is 0 Å². The molecule has 0 aliphatic rings. The van der Waals surface area contributed by atoms with E-state index in [1.807, 2.05) is 0 Å². The number of methoxy groups -OCH3 is 2. The summed E-state index contributed by atoms with van der Waals surface area (Å²) < 4.78 is 29.6. The van der Waals surface area contributed by atoms with Gasteiger partial charge in [0.25, 0.3) is 0 Å². The molecule has 0 aromatic rings. The minimum absolute atomic E-state index is 0.276. The number of hydrogen-bond donors (Lipinski definition) is 0. The van der Waals surface area contributed by atoms with Gasteiger partial charge in [-0.25, -0.2) is 0 Å². The van der Waals surface area contributed by atoms with E-state index in [4.69, 9.17) is 9.05 Å². The Labute approximate surface area is 72.9 Å². The SMILES string of the molecule is COCCO[P+](=O)OCCOC. The molecule has 0 aliphatic carbocycles. The lowest BCUT2D eigenvalue weighted by molar-refractivity contribution is 0.116. The molecule has 0 amide bonds. The first-order valence-electron chi connectivity index (χ1n) is 3.52. The van der Waals surface area contributed by atoms with Crippen LogP contribution in [0.4, 0.5) is 0 Å². The molecule has 0 unspecified atom stereocenters. The highest BCUT2D eigenvalue weighted by Crippen LogP contribution is 2.22. The zero-order valence-electron chi connectivity index (χ0n) is 7.32. The van der Waals surface area contributed by atoms with Gasteiger partial charge in [-0.05, 0) is 0 Å². The van der Waals surface area contributed by atoms with E-state index < -0.39 is 8.25 Å². The summed E-state index contributed by atoms with van der Waals surface area (Å²) in [5, 5.41) is 0. The maximum atomic E-state index is 10.8. The molecule has 0 aliphatic heterocycles. The van der Waals surface area contributed by atoms with Crippen LogP contribution in [0.25, 0.3) is 0 Å². The van der Waals surface area contributed by atoms with Crippen LogP contribution in [0.15, 0.2) is 0 Å². The van der Waals surface area contributed by atoms with Gasteiger partial charge in [-0.2, -0.15) is 0 Å². The normalized spacial score (nSPS) is 10.2. The first kappa shape index (κ1) is 11.9. The van der Waals surface area contributed by atoms with Crippen molar-refractivity contribution in [2.45, 2.75) is 0 Å². The summed E-state index contributed by atoms with van der Waals surface area (Å²) in [7, 11) is 1.07. The molecule has 5 nitrogen and oxygen atoms in total. The fourth-order valence-corrected chi connectivity index (χ4v) is 0.949. The topological polar surface area (TPSA) is 54.0 Å². The Balaban J connectivity index is 3.10. The van der Waals surface area contributed by atoms with E-state index in [9.17, 15) is 4.57 Å². The Morgan fingerprint density at radius 2 is 1.33 bits per heavy atom. The first-order valence-corrected chi connectivity index (χ1v) is 4.61. The maximum absolute atomic E-state index is 10.8. The third-order valence-corrected chi connectivity index (χ3v) is 1.76. The zero-order valence-corrected chi connectivity index (χ0v) is 8.21. The molecule has 0 fully saturated rings. The van der Waals surface area contributed by atoms with Gasteiger partial charge in [0.1, 0.15) is 13.2 Å². The molecule has 0 spiro atoms. The highest BCUT2D eigenvalue weighted by Gasteiger charge is 2.18. The van der Waals surface area contributed by atoms with Crippen LogP contribution in [0.2, 0.25) is 0 Å². The van der Waals surface area contributed by atoms with Crippen molar-refractivity contribution in [3.05, 3.63) is 0 Å². The van der Waals surface area contributed by atoms with Gasteiger partial charge >= 0.3 is 8.25 Å². The summed E-state index contributed by atoms with van der Waals surface area (Å²) >= 11 is 0. The third-order valence-electron chi connectivity index (χ3n) is 0.968. The van der Waals surface area contributed by atoms with Crippen molar-refractivity contribution in [2.75, 3.05) is 40.6 Å². The van der Waals surface area contributed by atoms with Crippen molar-refractivity contribution < 1.29 is 23.1 Å². The molecule has 12 heavy (non-hydrogen) atoms. The lowest BCUT2D eigenvalue weighted by Crippen LogP contribution is -2.00. The summed E-state index contributed by atoms with van der Waals surface area (Å²) in [5.74, 6) is 0. The largest absolute Gasteiger partial charge is 0.697 e. The van der Waals surface area contributed by atoms with Gasteiger partial charge in [0.15, 0.2) is 0 Å². The summed E-state index contributed by atoms with van der Waals surface area (Å²) in [6, 6.07) is 0. The fraction of sp³-hybridized carbons (Fsp3) is 1.00. The Kier molecular flexibility index (Phi) is 8.99. The molecule has 0 saturated heterocycles. The van der Waals surface area contributed by atoms with Crippen molar-refractivity contribution in [1.29, 1.82) is 0 Å². The van der Waals surface area contributed by atoms with E-state index in [2.05, 4.69) is 9.47 Å². The van der Waals surface area contributed by atoms with E-state index in [-0.39, 0.29) is 13.2 Å². The molecule has 72 valence electrons. The summed E-state index contributed by atoms with van der Waals surface area (Å²) in [5.41, 5.74) is 0. The average Bonchev–Trinajstić information content (AvgIpc) is 2.06. The van der Waals surface area contributed by atoms with Crippen molar-refractivity contribution >= 4 is 8.25 Å². The van der Waals surface area contributed by atoms with E-state index >= 15 is 0 Å². The van der Waals surface area contributed by atoms with Gasteiger partial charge in [0, 0.05) is 18.8 Å². The second-order valence-corrected chi connectivity index (χ2v) is 2.84. The van der Waals surface area contributed by atoms with Crippen molar-refractivity contribution in [3.8, 4) is 0 Å². The van der Waals surface area contributed by atoms with Crippen LogP contribution in [0.5, 0.6) is 0 Å². The van der Waals surface area contributed by atoms with Gasteiger partial charge in [-0.1, -0.05) is 0 Å². The molecule has 0 atom stereocenters. The number of rotatable bonds is 8. The van der Waals surface area contributed by atoms with E-state index in [0.29, 0.717) is 13.2 Å². The quantitative estimate of drug-likeness (QED) is 0.428. The van der Waals surface area contributed by atoms with Crippen LogP contribution < -0.4 is 0 Å². The number of hydrogen-bond acceptors (Lipinski definition) is 5. The molecule has 0 radical (unpaired) electrons. The Hall–Kier alpha value is -0.0600. The molecule has 0 rings (SSSR count). The minimum atomic E-state index is -2.01. The molecule has 0 aromatic heterocycles. The smallest absolute Gasteiger partial charge is 0.382 e. The van der Waals surface area contributed by atoms with E-state index in [1.165, 1.54) is 0 Å². The predicted molar refractivity (Wildman–Crippen MR) is 43.3 cm³/mol. The average molecular weight is 197 g/mol. The fourth-order valence-electron chi connectivity index (χ4n) is 0.428. The lowest BCUT2D eigenvalue weighted by atomic mass is 10.8. The second kappa shape index (κ2) is 9.03. The lowest BCUT2D eigenvalue weighted by Gasteiger charge is -1.91. The minimum Gasteiger partial charge on any atom is -0.382 e. The van der Waals surface area contributed by atoms with E-state index in [1.54, 1.807) is 14.2 Å². The van der Waals surface area contributed by atoms with Crippen molar-refractivity contribution in [1.82, 2.24) is 0 Å². The van der Waals surface area contributed by atoms with Gasteiger partial charge < -0.3 is 9.47 Å². The molecular weight excluding hydrogens is 183 g/mol. The van der Waals surface area contributed by atoms with Gasteiger partial charge in [0.2, 0.25) is 0 Å². The van der Waals surface area contributed by atoms with Crippen LogP contribution in [0.3, 0.4) is 0 Å². The van der Waals surface area contributed by atoms with E-state index in [0.717, 1.165) is 0 Å². The zero-order chi connectivity index (χ0) is 9.23. The molecule has 6 heteroatoms. The molecule has 0 heterocycles. The highest BCUT2D eigenvalue weighted by atomic mass is 31.1. The Morgan fingerprint density at radius 3 is 1.67 bits per heavy atom. The third kappa shape index (κ3) is 8.04. The predicted octanol–water partition coefficient (Wildman–Crippen LogP) is 0.970. The van der Waals surface area contributed by atoms with Crippen LogP contribution in [0, 0.1) is 0 Å². The van der Waals surface area contributed by atoms with Gasteiger partial charge in [-0.15, -0.1) is 9.05 Å². The molecule has 0 aromatic carbocycles. The summed E-state index contributed by atoms with van der Waals surface area (Å²) in [6.45, 7) is 1.38. The van der Waals surface area contributed by atoms with Crippen LogP contribution >= 0.6 is 8.25 Å². The number of ether oxygens (including phenoxy) is 2. The maximum Gasteiger partial charge on any atom is 0.697 e. The summed E-state index contributed by atoms with van der Waals surface area (Å²) in [4.78, 5) is 0. The standard InChI is InChI=1S/C6H14O5P/c1-8-3-5-10-12(7)11-6-4-9-2/h3-6H2,1-2H3/q+1. The first-order chi connectivity index (χ1) is 5.81. The van der Waals surface area contributed by atoms with Gasteiger partial charge in [-0.3, -0.25) is 0 Å². The highest BCUT2D eigenvalue weighted by molar-refractivity contribution is 7.33. The molecule has 0 bridgehead atoms. The molecule has 0 N–H and O–H groups in total. The molecule has 0 saturated carbocycles. The van der Waals surface area contributed by atoms with Crippen LogP contribution in [0.1, 0.15) is 0 Å². The monoisotopic (exact) mass is 197 g/mol. The molecular formula is C6H14O5P+. The second-order valence-electron chi connectivity index (χ2n) is 1.88. The van der Waals surface area contributed by atoms with Crippen LogP contribution in [-0.4, -0.2) is 40.6 Å². The Morgan fingerprint density at radius 1 is 0.917 bits per heavy atom. The van der Waals surface area contributed by atoms with Gasteiger partial charge in [0.05, 0.1) is 13.2 Å². The van der Waals surface area contributed by atoms with Crippen LogP contribution in [-0.2, 0) is 23.1 Å². The van der Waals surface area contributed by atoms with Crippen molar-refractivity contribution in [3.63, 3.8) is 0 Å². The summed E-state index contributed by atoms with van der Waals surface area (Å²) in [6.07, 6.45) is 0. The Bertz CT molecular complexity index is 107.